The van der Waals surface area contributed by atoms with Crippen molar-refractivity contribution in [2.45, 2.75) is 13.1 Å². The van der Waals surface area contributed by atoms with Crippen LogP contribution in [0.3, 0.4) is 0 Å². The van der Waals surface area contributed by atoms with Crippen molar-refractivity contribution in [1.29, 1.82) is 0 Å². The van der Waals surface area contributed by atoms with Crippen molar-refractivity contribution in [3.63, 3.8) is 0 Å². The van der Waals surface area contributed by atoms with Crippen LogP contribution in [0.2, 0.25) is 0 Å². The first kappa shape index (κ1) is 12.5. The monoisotopic (exact) mass is 271 g/mol. The number of fused-ring (bicyclic) bond motifs is 1. The normalized spacial score (nSPS) is 11.0. The SMILES string of the molecule is O=C(O)c1oc2ccccc2c1CNCc1ccoc1. The van der Waals surface area contributed by atoms with E-state index < -0.39 is 5.97 Å². The molecule has 0 radical (unpaired) electrons. The summed E-state index contributed by atoms with van der Waals surface area (Å²) in [6.45, 7) is 1.03. The Morgan fingerprint density at radius 1 is 1.20 bits per heavy atom. The van der Waals surface area contributed by atoms with Crippen LogP contribution in [0.5, 0.6) is 0 Å². The van der Waals surface area contributed by atoms with Crippen LogP contribution in [0.1, 0.15) is 21.7 Å². The van der Waals surface area contributed by atoms with Crippen molar-refractivity contribution >= 4 is 16.9 Å². The summed E-state index contributed by atoms with van der Waals surface area (Å²) in [4.78, 5) is 11.2. The van der Waals surface area contributed by atoms with E-state index in [1.54, 1.807) is 18.6 Å². The van der Waals surface area contributed by atoms with Crippen molar-refractivity contribution in [2.24, 2.45) is 0 Å². The topological polar surface area (TPSA) is 75.6 Å². The third kappa shape index (κ3) is 2.31. The highest BCUT2D eigenvalue weighted by molar-refractivity contribution is 5.95. The molecule has 0 aliphatic carbocycles. The summed E-state index contributed by atoms with van der Waals surface area (Å²) in [6.07, 6.45) is 3.26. The Morgan fingerprint density at radius 3 is 2.80 bits per heavy atom. The summed E-state index contributed by atoms with van der Waals surface area (Å²) in [6, 6.07) is 9.17. The van der Waals surface area contributed by atoms with Gasteiger partial charge in [0.2, 0.25) is 5.76 Å². The van der Waals surface area contributed by atoms with E-state index in [4.69, 9.17) is 8.83 Å². The van der Waals surface area contributed by atoms with Gasteiger partial charge < -0.3 is 19.3 Å². The van der Waals surface area contributed by atoms with Crippen molar-refractivity contribution in [1.82, 2.24) is 5.32 Å². The Balaban J connectivity index is 1.85. The number of aromatic carboxylic acids is 1. The minimum absolute atomic E-state index is 0.00843. The average Bonchev–Trinajstić information content (AvgIpc) is 3.07. The van der Waals surface area contributed by atoms with Crippen LogP contribution in [-0.4, -0.2) is 11.1 Å². The fraction of sp³-hybridized carbons (Fsp3) is 0.133. The van der Waals surface area contributed by atoms with Gasteiger partial charge in [0, 0.05) is 29.6 Å². The molecule has 0 saturated carbocycles. The van der Waals surface area contributed by atoms with E-state index >= 15 is 0 Å². The quantitative estimate of drug-likeness (QED) is 0.746. The minimum atomic E-state index is -1.05. The second-order valence-corrected chi connectivity index (χ2v) is 4.45. The molecule has 0 unspecified atom stereocenters. The molecule has 0 bridgehead atoms. The van der Waals surface area contributed by atoms with E-state index in [-0.39, 0.29) is 5.76 Å². The molecule has 2 aromatic heterocycles. The molecule has 0 fully saturated rings. The van der Waals surface area contributed by atoms with Gasteiger partial charge >= 0.3 is 5.97 Å². The maximum atomic E-state index is 11.2. The molecule has 102 valence electrons. The molecule has 2 heterocycles. The van der Waals surface area contributed by atoms with Gasteiger partial charge in [-0.15, -0.1) is 0 Å². The highest BCUT2D eigenvalue weighted by Gasteiger charge is 2.19. The molecule has 0 amide bonds. The zero-order valence-corrected chi connectivity index (χ0v) is 10.6. The van der Waals surface area contributed by atoms with Crippen LogP contribution in [0.25, 0.3) is 11.0 Å². The van der Waals surface area contributed by atoms with Gasteiger partial charge in [0.05, 0.1) is 12.5 Å². The summed E-state index contributed by atoms with van der Waals surface area (Å²) >= 11 is 0. The maximum Gasteiger partial charge on any atom is 0.372 e. The highest BCUT2D eigenvalue weighted by Crippen LogP contribution is 2.25. The van der Waals surface area contributed by atoms with Crippen LogP contribution in [0, 0.1) is 0 Å². The molecular formula is C15H13NO4. The number of hydrogen-bond acceptors (Lipinski definition) is 4. The number of nitrogens with one attached hydrogen (secondary N) is 1. The number of carbonyl (C=O) groups is 1. The molecule has 0 aliphatic heterocycles. The zero-order valence-electron chi connectivity index (χ0n) is 10.6. The van der Waals surface area contributed by atoms with Crippen molar-refractivity contribution in [2.75, 3.05) is 0 Å². The molecule has 0 spiro atoms. The van der Waals surface area contributed by atoms with E-state index in [1.807, 2.05) is 24.3 Å². The largest absolute Gasteiger partial charge is 0.475 e. The lowest BCUT2D eigenvalue weighted by Gasteiger charge is -2.02. The lowest BCUT2D eigenvalue weighted by atomic mass is 10.1. The Hall–Kier alpha value is -2.53. The second kappa shape index (κ2) is 5.22. The van der Waals surface area contributed by atoms with Gasteiger partial charge in [-0.05, 0) is 12.1 Å². The fourth-order valence-corrected chi connectivity index (χ4v) is 2.17. The molecule has 0 aliphatic rings. The first-order chi connectivity index (χ1) is 9.75. The first-order valence-corrected chi connectivity index (χ1v) is 6.21. The molecule has 3 rings (SSSR count). The third-order valence-electron chi connectivity index (χ3n) is 3.10. The zero-order chi connectivity index (χ0) is 13.9. The van der Waals surface area contributed by atoms with Gasteiger partial charge in [-0.25, -0.2) is 4.79 Å². The van der Waals surface area contributed by atoms with Crippen molar-refractivity contribution in [3.05, 3.63) is 59.7 Å². The summed E-state index contributed by atoms with van der Waals surface area (Å²) < 4.78 is 10.4. The van der Waals surface area contributed by atoms with Gasteiger partial charge in [0.1, 0.15) is 5.58 Å². The lowest BCUT2D eigenvalue weighted by Crippen LogP contribution is -2.14. The minimum Gasteiger partial charge on any atom is -0.475 e. The summed E-state index contributed by atoms with van der Waals surface area (Å²) in [7, 11) is 0. The number of furan rings is 2. The van der Waals surface area contributed by atoms with E-state index in [2.05, 4.69) is 5.32 Å². The smallest absolute Gasteiger partial charge is 0.372 e. The van der Waals surface area contributed by atoms with Gasteiger partial charge in [-0.1, -0.05) is 18.2 Å². The van der Waals surface area contributed by atoms with Crippen molar-refractivity contribution < 1.29 is 18.7 Å². The van der Waals surface area contributed by atoms with E-state index in [0.29, 0.717) is 24.2 Å². The average molecular weight is 271 g/mol. The molecule has 0 atom stereocenters. The molecule has 3 aromatic rings. The van der Waals surface area contributed by atoms with Crippen LogP contribution in [-0.2, 0) is 13.1 Å². The molecule has 5 nitrogen and oxygen atoms in total. The first-order valence-electron chi connectivity index (χ1n) is 6.21. The van der Waals surface area contributed by atoms with E-state index in [9.17, 15) is 9.90 Å². The highest BCUT2D eigenvalue weighted by atomic mass is 16.4. The van der Waals surface area contributed by atoms with Gasteiger partial charge in [0.25, 0.3) is 0 Å². The summed E-state index contributed by atoms with van der Waals surface area (Å²) in [5.74, 6) is -1.06. The number of benzene rings is 1. The number of carboxylic acid groups (broad SMARTS) is 1. The third-order valence-corrected chi connectivity index (χ3v) is 3.10. The second-order valence-electron chi connectivity index (χ2n) is 4.45. The van der Waals surface area contributed by atoms with E-state index in [1.165, 1.54) is 0 Å². The fourth-order valence-electron chi connectivity index (χ4n) is 2.17. The van der Waals surface area contributed by atoms with Crippen LogP contribution in [0.15, 0.2) is 51.7 Å². The molecular weight excluding hydrogens is 258 g/mol. The number of hydrogen-bond donors (Lipinski definition) is 2. The molecule has 20 heavy (non-hydrogen) atoms. The summed E-state index contributed by atoms with van der Waals surface area (Å²) in [5, 5.41) is 13.2. The Kier molecular flexibility index (Phi) is 3.26. The molecule has 1 aromatic carbocycles. The number of rotatable bonds is 5. The van der Waals surface area contributed by atoms with Gasteiger partial charge in [-0.2, -0.15) is 0 Å². The predicted molar refractivity (Wildman–Crippen MR) is 72.4 cm³/mol. The summed E-state index contributed by atoms with van der Waals surface area (Å²) in [5.41, 5.74) is 2.26. The molecule has 0 saturated heterocycles. The predicted octanol–water partition coefficient (Wildman–Crippen LogP) is 3.01. The Morgan fingerprint density at radius 2 is 2.05 bits per heavy atom. The standard InChI is InChI=1S/C15H13NO4/c17-15(18)14-12(8-16-7-10-5-6-19-9-10)11-3-1-2-4-13(11)20-14/h1-6,9,16H,7-8H2,(H,17,18). The number of carboxylic acids is 1. The van der Waals surface area contributed by atoms with Crippen molar-refractivity contribution in [3.8, 4) is 0 Å². The van der Waals surface area contributed by atoms with Gasteiger partial charge in [0.15, 0.2) is 0 Å². The van der Waals surface area contributed by atoms with Gasteiger partial charge in [-0.3, -0.25) is 0 Å². The Labute approximate surface area is 114 Å². The van der Waals surface area contributed by atoms with Crippen LogP contribution < -0.4 is 5.32 Å². The Bertz CT molecular complexity index is 728. The van der Waals surface area contributed by atoms with Crippen LogP contribution in [0.4, 0.5) is 0 Å². The molecule has 2 N–H and O–H groups in total. The molecule has 5 heteroatoms. The maximum absolute atomic E-state index is 11.2. The lowest BCUT2D eigenvalue weighted by molar-refractivity contribution is 0.0663. The number of para-hydroxylation sites is 1. The van der Waals surface area contributed by atoms with E-state index in [0.717, 1.165) is 10.9 Å². The van der Waals surface area contributed by atoms with Crippen LogP contribution >= 0.6 is 0 Å².